The number of esters is 1. The largest absolute Gasteiger partial charge is 0.465 e. The number of carbonyl (C=O) groups is 2. The van der Waals surface area contributed by atoms with Crippen LogP contribution in [0.2, 0.25) is 0 Å². The monoisotopic (exact) mass is 474 g/mol. The van der Waals surface area contributed by atoms with Gasteiger partial charge in [0.05, 0.1) is 50.9 Å². The molecule has 2 aliphatic rings. The smallest absolute Gasteiger partial charge is 0.339 e. The van der Waals surface area contributed by atoms with Crippen molar-refractivity contribution in [2.75, 3.05) is 77.0 Å². The molecule has 184 valence electrons. The number of benzene rings is 1. The van der Waals surface area contributed by atoms with E-state index < -0.39 is 11.9 Å². The standard InChI is InChI=1S/C23H30N4O7/c1-30-14-17-13-26(5-10-33-17)12-16-3-4-19(18(11-16)22(29)31-2)24-21(28)20-15-34-23(25-20)27-6-8-32-9-7-27/h3-4,11,15,17H,5-10,12-14H2,1-2H3,(H,24,28)/t17-/m0/s1. The number of rotatable bonds is 8. The van der Waals surface area contributed by atoms with E-state index in [9.17, 15) is 9.59 Å². The highest BCUT2D eigenvalue weighted by Gasteiger charge is 2.23. The van der Waals surface area contributed by atoms with Crippen LogP contribution < -0.4 is 10.2 Å². The predicted octanol–water partition coefficient (Wildman–Crippen LogP) is 1.40. The molecule has 1 aromatic carbocycles. The van der Waals surface area contributed by atoms with Gasteiger partial charge < -0.3 is 33.6 Å². The average Bonchev–Trinajstić information content (AvgIpc) is 3.36. The van der Waals surface area contributed by atoms with Gasteiger partial charge >= 0.3 is 5.97 Å². The fraction of sp³-hybridized carbons (Fsp3) is 0.522. The topological polar surface area (TPSA) is 116 Å². The van der Waals surface area contributed by atoms with E-state index in [-0.39, 0.29) is 17.4 Å². The summed E-state index contributed by atoms with van der Waals surface area (Å²) >= 11 is 0. The number of nitrogens with one attached hydrogen (secondary N) is 1. The Kier molecular flexibility index (Phi) is 8.12. The molecule has 1 aromatic heterocycles. The van der Waals surface area contributed by atoms with Crippen LogP contribution in [0, 0.1) is 0 Å². The highest BCUT2D eigenvalue weighted by Crippen LogP contribution is 2.22. The molecule has 0 bridgehead atoms. The van der Waals surface area contributed by atoms with Gasteiger partial charge in [-0.05, 0) is 17.7 Å². The first-order valence-electron chi connectivity index (χ1n) is 11.2. The van der Waals surface area contributed by atoms with Crippen LogP contribution >= 0.6 is 0 Å². The van der Waals surface area contributed by atoms with Gasteiger partial charge in [-0.1, -0.05) is 6.07 Å². The van der Waals surface area contributed by atoms with Gasteiger partial charge in [-0.25, -0.2) is 4.79 Å². The third-order valence-electron chi connectivity index (χ3n) is 5.73. The summed E-state index contributed by atoms with van der Waals surface area (Å²) in [4.78, 5) is 33.7. The van der Waals surface area contributed by atoms with E-state index in [1.807, 2.05) is 11.0 Å². The van der Waals surface area contributed by atoms with Crippen LogP contribution in [0.25, 0.3) is 0 Å². The molecule has 1 N–H and O–H groups in total. The number of methoxy groups -OCH3 is 2. The van der Waals surface area contributed by atoms with Crippen molar-refractivity contribution in [2.45, 2.75) is 12.6 Å². The lowest BCUT2D eigenvalue weighted by Crippen LogP contribution is -2.43. The van der Waals surface area contributed by atoms with Crippen LogP contribution in [0.5, 0.6) is 0 Å². The molecule has 0 spiro atoms. The van der Waals surface area contributed by atoms with Crippen LogP contribution in [-0.4, -0.2) is 94.7 Å². The van der Waals surface area contributed by atoms with Crippen LogP contribution in [-0.2, 0) is 25.5 Å². The Morgan fingerprint density at radius 1 is 1.18 bits per heavy atom. The lowest BCUT2D eigenvalue weighted by atomic mass is 10.1. The zero-order valence-corrected chi connectivity index (χ0v) is 19.5. The second kappa shape index (κ2) is 11.4. The number of aromatic nitrogens is 1. The van der Waals surface area contributed by atoms with E-state index in [1.54, 1.807) is 19.2 Å². The molecule has 3 heterocycles. The second-order valence-electron chi connectivity index (χ2n) is 8.12. The lowest BCUT2D eigenvalue weighted by molar-refractivity contribution is -0.0631. The molecule has 0 radical (unpaired) electrons. The van der Waals surface area contributed by atoms with Crippen molar-refractivity contribution in [3.8, 4) is 0 Å². The molecule has 1 amide bonds. The number of amides is 1. The maximum atomic E-state index is 12.8. The molecule has 2 aromatic rings. The van der Waals surface area contributed by atoms with E-state index in [4.69, 9.17) is 23.4 Å². The second-order valence-corrected chi connectivity index (χ2v) is 8.12. The highest BCUT2D eigenvalue weighted by atomic mass is 16.5. The molecule has 2 saturated heterocycles. The summed E-state index contributed by atoms with van der Waals surface area (Å²) in [5.41, 5.74) is 1.66. The summed E-state index contributed by atoms with van der Waals surface area (Å²) in [6.45, 7) is 5.75. The summed E-state index contributed by atoms with van der Waals surface area (Å²) in [7, 11) is 2.96. The van der Waals surface area contributed by atoms with Gasteiger partial charge in [0.1, 0.15) is 6.26 Å². The van der Waals surface area contributed by atoms with E-state index in [2.05, 4.69) is 15.2 Å². The molecule has 0 saturated carbocycles. The lowest BCUT2D eigenvalue weighted by Gasteiger charge is -2.32. The van der Waals surface area contributed by atoms with Crippen LogP contribution in [0.1, 0.15) is 26.4 Å². The summed E-state index contributed by atoms with van der Waals surface area (Å²) in [5.74, 6) is -1.01. The van der Waals surface area contributed by atoms with Crippen molar-refractivity contribution in [2.24, 2.45) is 0 Å². The SMILES string of the molecule is COC[C@@H]1CN(Cc2ccc(NC(=O)c3coc(N4CCOCC4)n3)c(C(=O)OC)c2)CCO1. The minimum Gasteiger partial charge on any atom is -0.465 e. The summed E-state index contributed by atoms with van der Waals surface area (Å²) < 4.78 is 26.6. The maximum Gasteiger partial charge on any atom is 0.339 e. The molecule has 4 rings (SSSR count). The number of nitrogens with zero attached hydrogens (tertiary/aromatic N) is 3. The molecule has 2 fully saturated rings. The molecule has 11 heteroatoms. The van der Waals surface area contributed by atoms with Crippen LogP contribution in [0.15, 0.2) is 28.9 Å². The zero-order chi connectivity index (χ0) is 23.9. The first-order chi connectivity index (χ1) is 16.6. The Labute approximate surface area is 197 Å². The molecule has 1 atom stereocenters. The first-order valence-corrected chi connectivity index (χ1v) is 11.2. The van der Waals surface area contributed by atoms with E-state index >= 15 is 0 Å². The summed E-state index contributed by atoms with van der Waals surface area (Å²) in [6.07, 6.45) is 1.32. The fourth-order valence-corrected chi connectivity index (χ4v) is 4.00. The van der Waals surface area contributed by atoms with Crippen molar-refractivity contribution >= 4 is 23.6 Å². The molecular weight excluding hydrogens is 444 g/mol. The number of anilines is 2. The average molecular weight is 475 g/mol. The van der Waals surface area contributed by atoms with Gasteiger partial charge in [-0.3, -0.25) is 9.69 Å². The fourth-order valence-electron chi connectivity index (χ4n) is 4.00. The molecule has 0 aliphatic carbocycles. The molecule has 0 unspecified atom stereocenters. The number of hydrogen-bond acceptors (Lipinski definition) is 10. The molecular formula is C23H30N4O7. The predicted molar refractivity (Wildman–Crippen MR) is 122 cm³/mol. The van der Waals surface area contributed by atoms with Gasteiger partial charge in [0.2, 0.25) is 0 Å². The van der Waals surface area contributed by atoms with E-state index in [1.165, 1.54) is 13.4 Å². The zero-order valence-electron chi connectivity index (χ0n) is 19.5. The van der Waals surface area contributed by atoms with Crippen LogP contribution in [0.4, 0.5) is 11.7 Å². The Bertz CT molecular complexity index is 987. The highest BCUT2D eigenvalue weighted by molar-refractivity contribution is 6.07. The van der Waals surface area contributed by atoms with Crippen molar-refractivity contribution in [3.63, 3.8) is 0 Å². The number of ether oxygens (including phenoxy) is 4. The Morgan fingerprint density at radius 3 is 2.76 bits per heavy atom. The Balaban J connectivity index is 1.45. The Morgan fingerprint density at radius 2 is 2.00 bits per heavy atom. The minimum atomic E-state index is -0.537. The molecule has 11 nitrogen and oxygen atoms in total. The van der Waals surface area contributed by atoms with Crippen molar-refractivity contribution in [1.82, 2.24) is 9.88 Å². The Hall–Kier alpha value is -2.99. The minimum absolute atomic E-state index is 0.0159. The number of morpholine rings is 2. The number of hydrogen-bond donors (Lipinski definition) is 1. The number of carbonyl (C=O) groups excluding carboxylic acids is 2. The van der Waals surface area contributed by atoms with Crippen molar-refractivity contribution < 1.29 is 33.0 Å². The van der Waals surface area contributed by atoms with E-state index in [0.717, 1.165) is 18.7 Å². The van der Waals surface area contributed by atoms with Crippen molar-refractivity contribution in [1.29, 1.82) is 0 Å². The van der Waals surface area contributed by atoms with Gasteiger partial charge in [0, 0.05) is 39.8 Å². The normalized spacial score (nSPS) is 19.1. The van der Waals surface area contributed by atoms with Gasteiger partial charge in [0.25, 0.3) is 11.9 Å². The maximum absolute atomic E-state index is 12.8. The van der Waals surface area contributed by atoms with Crippen LogP contribution in [0.3, 0.4) is 0 Å². The first kappa shape index (κ1) is 24.1. The molecule has 2 aliphatic heterocycles. The third kappa shape index (κ3) is 5.92. The summed E-state index contributed by atoms with van der Waals surface area (Å²) in [6, 6.07) is 5.69. The van der Waals surface area contributed by atoms with Gasteiger partial charge in [0.15, 0.2) is 5.69 Å². The van der Waals surface area contributed by atoms with Gasteiger partial charge in [-0.2, -0.15) is 4.98 Å². The van der Waals surface area contributed by atoms with Gasteiger partial charge in [-0.15, -0.1) is 0 Å². The van der Waals surface area contributed by atoms with Crippen molar-refractivity contribution in [3.05, 3.63) is 41.3 Å². The number of oxazole rings is 1. The quantitative estimate of drug-likeness (QED) is 0.563. The summed E-state index contributed by atoms with van der Waals surface area (Å²) in [5, 5.41) is 2.76. The third-order valence-corrected chi connectivity index (χ3v) is 5.73. The molecule has 34 heavy (non-hydrogen) atoms. The van der Waals surface area contributed by atoms with E-state index in [0.29, 0.717) is 57.8 Å².